The van der Waals surface area contributed by atoms with Crippen LogP contribution in [0.15, 0.2) is 60.7 Å². The summed E-state index contributed by atoms with van der Waals surface area (Å²) in [4.78, 5) is 41.6. The van der Waals surface area contributed by atoms with Crippen LogP contribution in [0, 0.1) is 17.2 Å². The van der Waals surface area contributed by atoms with Gasteiger partial charge in [0.05, 0.1) is 23.7 Å². The first-order valence-corrected chi connectivity index (χ1v) is 13.9. The van der Waals surface area contributed by atoms with Crippen molar-refractivity contribution in [3.8, 4) is 0 Å². The van der Waals surface area contributed by atoms with Crippen LogP contribution in [0.3, 0.4) is 0 Å². The smallest absolute Gasteiger partial charge is 0.337 e. The number of rotatable bonds is 4. The van der Waals surface area contributed by atoms with Crippen LogP contribution in [-0.4, -0.2) is 36.5 Å². The highest BCUT2D eigenvalue weighted by Crippen LogP contribution is 2.60. The molecule has 0 aromatic heterocycles. The molecule has 1 fully saturated rings. The molecule has 2 aliphatic heterocycles. The molecule has 3 aromatic carbocycles. The first kappa shape index (κ1) is 28.9. The van der Waals surface area contributed by atoms with Gasteiger partial charge in [-0.1, -0.05) is 62.2 Å². The number of benzene rings is 3. The van der Waals surface area contributed by atoms with Gasteiger partial charge in [-0.2, -0.15) is 0 Å². The largest absolute Gasteiger partial charge is 0.465 e. The fraction of sp³-hybridized carbons (Fsp3) is 0.323. The number of anilines is 2. The van der Waals surface area contributed by atoms with E-state index in [0.717, 1.165) is 0 Å². The molecule has 7 nitrogen and oxygen atoms in total. The Kier molecular flexibility index (Phi) is 7.51. The van der Waals surface area contributed by atoms with Crippen molar-refractivity contribution in [1.82, 2.24) is 4.90 Å². The summed E-state index contributed by atoms with van der Waals surface area (Å²) in [6, 6.07) is 14.5. The normalized spacial score (nSPS) is 21.5. The topological polar surface area (TPSA) is 87.7 Å². The third-order valence-corrected chi connectivity index (χ3v) is 8.34. The van der Waals surface area contributed by atoms with E-state index in [1.807, 2.05) is 0 Å². The lowest BCUT2D eigenvalue weighted by molar-refractivity contribution is -0.123. The lowest BCUT2D eigenvalue weighted by atomic mass is 9.63. The predicted molar refractivity (Wildman–Crippen MR) is 157 cm³/mol. The molecule has 3 amide bonds. The number of esters is 1. The highest BCUT2D eigenvalue weighted by Gasteiger charge is 2.65. The molecule has 2 heterocycles. The monoisotopic (exact) mass is 597 g/mol. The molecule has 0 bridgehead atoms. The zero-order chi connectivity index (χ0) is 29.7. The maximum atomic E-state index is 15.9. The van der Waals surface area contributed by atoms with Crippen molar-refractivity contribution in [1.29, 1.82) is 0 Å². The van der Waals surface area contributed by atoms with E-state index in [9.17, 15) is 14.4 Å². The molecule has 3 unspecified atom stereocenters. The number of nitrogens with zero attached hydrogens (tertiary/aromatic N) is 1. The maximum absolute atomic E-state index is 15.9. The van der Waals surface area contributed by atoms with Crippen LogP contribution in [0.2, 0.25) is 10.0 Å². The van der Waals surface area contributed by atoms with Gasteiger partial charge in [-0.3, -0.25) is 4.79 Å². The van der Waals surface area contributed by atoms with E-state index in [1.165, 1.54) is 30.2 Å². The zero-order valence-electron chi connectivity index (χ0n) is 23.1. The van der Waals surface area contributed by atoms with Gasteiger partial charge in [-0.15, -0.1) is 0 Å². The summed E-state index contributed by atoms with van der Waals surface area (Å²) in [5.74, 6) is -1.89. The summed E-state index contributed by atoms with van der Waals surface area (Å²) in [5, 5.41) is 6.18. The molecule has 10 heteroatoms. The third kappa shape index (κ3) is 5.04. The molecule has 41 heavy (non-hydrogen) atoms. The van der Waals surface area contributed by atoms with Crippen molar-refractivity contribution < 1.29 is 23.5 Å². The number of halogens is 3. The van der Waals surface area contributed by atoms with Gasteiger partial charge in [-0.05, 0) is 65.8 Å². The first-order chi connectivity index (χ1) is 19.4. The lowest BCUT2D eigenvalue weighted by Gasteiger charge is -2.38. The number of ether oxygens (including phenoxy) is 1. The van der Waals surface area contributed by atoms with Crippen LogP contribution in [0.4, 0.5) is 20.6 Å². The van der Waals surface area contributed by atoms with Gasteiger partial charge in [-0.25, -0.2) is 14.0 Å². The van der Waals surface area contributed by atoms with Gasteiger partial charge in [0.1, 0.15) is 11.2 Å². The van der Waals surface area contributed by atoms with E-state index in [2.05, 4.69) is 31.4 Å². The van der Waals surface area contributed by atoms with Crippen LogP contribution >= 0.6 is 23.2 Å². The van der Waals surface area contributed by atoms with E-state index in [-0.39, 0.29) is 34.4 Å². The van der Waals surface area contributed by atoms with Crippen molar-refractivity contribution in [2.45, 2.75) is 38.6 Å². The summed E-state index contributed by atoms with van der Waals surface area (Å²) >= 11 is 12.5. The first-order valence-electron chi connectivity index (χ1n) is 13.2. The summed E-state index contributed by atoms with van der Waals surface area (Å²) in [7, 11) is 1.29. The average Bonchev–Trinajstić information content (AvgIpc) is 3.39. The van der Waals surface area contributed by atoms with E-state index >= 15 is 4.39 Å². The van der Waals surface area contributed by atoms with Gasteiger partial charge in [0.2, 0.25) is 5.91 Å². The summed E-state index contributed by atoms with van der Waals surface area (Å²) in [6.07, 6.45) is 0.568. The average molecular weight is 599 g/mol. The summed E-state index contributed by atoms with van der Waals surface area (Å²) in [5.41, 5.74) is 0.545. The molecular weight excluding hydrogens is 568 g/mol. The number of carbonyl (C=O) groups is 3. The second-order valence-electron chi connectivity index (χ2n) is 11.7. The second kappa shape index (κ2) is 10.7. The second-order valence-corrected chi connectivity index (χ2v) is 12.5. The molecule has 1 spiro atoms. The third-order valence-electron chi connectivity index (χ3n) is 7.81. The van der Waals surface area contributed by atoms with Gasteiger partial charge in [0.15, 0.2) is 0 Å². The molecule has 214 valence electrons. The molecule has 1 saturated heterocycles. The van der Waals surface area contributed by atoms with Gasteiger partial charge < -0.3 is 20.3 Å². The Morgan fingerprint density at radius 3 is 2.49 bits per heavy atom. The molecule has 2 aliphatic rings. The fourth-order valence-corrected chi connectivity index (χ4v) is 6.63. The molecule has 3 aromatic rings. The van der Waals surface area contributed by atoms with Crippen molar-refractivity contribution in [3.05, 3.63) is 93.2 Å². The van der Waals surface area contributed by atoms with Crippen molar-refractivity contribution >= 4 is 52.5 Å². The minimum atomic E-state index is -1.31. The molecule has 0 saturated carbocycles. The number of likely N-dealkylation sites (tertiary alicyclic amines) is 1. The Labute approximate surface area is 248 Å². The van der Waals surface area contributed by atoms with Crippen molar-refractivity contribution in [2.24, 2.45) is 11.3 Å². The molecule has 0 radical (unpaired) electrons. The minimum Gasteiger partial charge on any atom is -0.465 e. The number of hydrogen-bond acceptors (Lipinski definition) is 4. The van der Waals surface area contributed by atoms with Crippen molar-refractivity contribution in [2.75, 3.05) is 24.3 Å². The van der Waals surface area contributed by atoms with Crippen LogP contribution in [-0.2, 0) is 14.9 Å². The summed E-state index contributed by atoms with van der Waals surface area (Å²) < 4.78 is 20.6. The quantitative estimate of drug-likeness (QED) is 0.306. The number of nitrogens with one attached hydrogen (secondary N) is 2. The molecule has 3 atom stereocenters. The predicted octanol–water partition coefficient (Wildman–Crippen LogP) is 7.45. The molecule has 2 N–H and O–H groups in total. The van der Waals surface area contributed by atoms with E-state index in [1.54, 1.807) is 42.5 Å². The zero-order valence-corrected chi connectivity index (χ0v) is 24.6. The Balaban J connectivity index is 1.66. The standard InChI is InChI=1S/C31H30Cl2FN3O4/c1-30(2,3)15-18-16-37(29(40)35-20-11-8-17(9-12-20)27(38)41-4)26(21-6-5-7-23(33)25(21)34)31(18)22-13-10-19(32)14-24(22)36-28(31)39/h5-14,18,26H,15-16H2,1-4H3,(H,35,40)(H,36,39). The highest BCUT2D eigenvalue weighted by atomic mass is 35.5. The number of methoxy groups -OCH3 is 1. The van der Waals surface area contributed by atoms with Gasteiger partial charge in [0, 0.05) is 28.5 Å². The van der Waals surface area contributed by atoms with Gasteiger partial charge >= 0.3 is 12.0 Å². The number of carbonyl (C=O) groups excluding carboxylic acids is 3. The summed E-state index contributed by atoms with van der Waals surface area (Å²) in [6.45, 7) is 6.38. The van der Waals surface area contributed by atoms with E-state index < -0.39 is 29.3 Å². The number of hydrogen-bond donors (Lipinski definition) is 2. The Morgan fingerprint density at radius 2 is 1.83 bits per heavy atom. The Morgan fingerprint density at radius 1 is 1.12 bits per heavy atom. The van der Waals surface area contributed by atoms with Crippen LogP contribution < -0.4 is 10.6 Å². The van der Waals surface area contributed by atoms with E-state index in [0.29, 0.717) is 33.9 Å². The van der Waals surface area contributed by atoms with Crippen molar-refractivity contribution in [3.63, 3.8) is 0 Å². The molecule has 0 aliphatic carbocycles. The van der Waals surface area contributed by atoms with Crippen LogP contribution in [0.1, 0.15) is 54.7 Å². The van der Waals surface area contributed by atoms with Crippen LogP contribution in [0.5, 0.6) is 0 Å². The number of urea groups is 1. The minimum absolute atomic E-state index is 0.106. The highest BCUT2D eigenvalue weighted by molar-refractivity contribution is 6.31. The van der Waals surface area contributed by atoms with Gasteiger partial charge in [0.25, 0.3) is 0 Å². The fourth-order valence-electron chi connectivity index (χ4n) is 6.27. The van der Waals surface area contributed by atoms with E-state index in [4.69, 9.17) is 27.9 Å². The molecular formula is C31H30Cl2FN3O4. The molecule has 5 rings (SSSR count). The number of fused-ring (bicyclic) bond motifs is 2. The van der Waals surface area contributed by atoms with Crippen LogP contribution in [0.25, 0.3) is 0 Å². The Hall–Kier alpha value is -3.62. The SMILES string of the molecule is COC(=O)c1ccc(NC(=O)N2CC(CC(C)(C)C)C3(C(=O)Nc4cc(Cl)ccc43)C2c2cccc(Cl)c2F)cc1. The number of amides is 3. The Bertz CT molecular complexity index is 1540. The maximum Gasteiger partial charge on any atom is 0.337 e. The lowest BCUT2D eigenvalue weighted by Crippen LogP contribution is -2.47.